The average Bonchev–Trinajstić information content (AvgIpc) is 2.79. The second-order valence-corrected chi connectivity index (χ2v) is 7.18. The Morgan fingerprint density at radius 1 is 0.967 bits per heavy atom. The predicted molar refractivity (Wildman–Crippen MR) is 117 cm³/mol. The fraction of sp³-hybridized carbons (Fsp3) is 0.0833. The van der Waals surface area contributed by atoms with Crippen LogP contribution in [0.4, 0.5) is 4.79 Å². The number of urea groups is 1. The number of carbonyl (C=O) groups is 2. The highest BCUT2D eigenvalue weighted by Gasteiger charge is 2.34. The molecule has 3 aromatic rings. The van der Waals surface area contributed by atoms with E-state index < -0.39 is 12.1 Å². The Bertz CT molecular complexity index is 1130. The molecule has 150 valence electrons. The van der Waals surface area contributed by atoms with Crippen LogP contribution < -0.4 is 15.4 Å². The van der Waals surface area contributed by atoms with Gasteiger partial charge in [-0.15, -0.1) is 0 Å². The van der Waals surface area contributed by atoms with E-state index >= 15 is 0 Å². The first-order valence-electron chi connectivity index (χ1n) is 9.39. The Balaban J connectivity index is 1.92. The molecule has 1 aliphatic rings. The van der Waals surface area contributed by atoms with Crippen molar-refractivity contribution in [1.29, 1.82) is 0 Å². The van der Waals surface area contributed by atoms with Crippen molar-refractivity contribution in [1.82, 2.24) is 10.6 Å². The highest BCUT2D eigenvalue weighted by Crippen LogP contribution is 2.36. The second-order valence-electron chi connectivity index (χ2n) is 6.78. The van der Waals surface area contributed by atoms with Crippen molar-refractivity contribution in [3.8, 4) is 5.75 Å². The number of methoxy groups -OCH3 is 1. The third-order valence-electron chi connectivity index (χ3n) is 4.92. The highest BCUT2D eigenvalue weighted by molar-refractivity contribution is 6.32. The van der Waals surface area contributed by atoms with Crippen molar-refractivity contribution in [2.45, 2.75) is 6.04 Å². The van der Waals surface area contributed by atoms with Gasteiger partial charge in [-0.25, -0.2) is 4.79 Å². The van der Waals surface area contributed by atoms with Gasteiger partial charge in [-0.05, 0) is 23.3 Å². The van der Waals surface area contributed by atoms with E-state index in [2.05, 4.69) is 10.6 Å². The van der Waals surface area contributed by atoms with Gasteiger partial charge in [0.15, 0.2) is 5.78 Å². The molecule has 1 atom stereocenters. The Kier molecular flexibility index (Phi) is 5.55. The first-order valence-corrected chi connectivity index (χ1v) is 9.76. The molecule has 1 aliphatic heterocycles. The molecule has 1 heterocycles. The fourth-order valence-electron chi connectivity index (χ4n) is 3.50. The van der Waals surface area contributed by atoms with Gasteiger partial charge in [0.05, 0.1) is 29.4 Å². The minimum absolute atomic E-state index is 0.182. The SMILES string of the molecule is COc1ccc([C@H]2NC(=O)NC(c3ccccc3)=C2C(=O)c2ccccc2)cc1Cl. The quantitative estimate of drug-likeness (QED) is 0.573. The average molecular weight is 419 g/mol. The Hall–Kier alpha value is -3.57. The summed E-state index contributed by atoms with van der Waals surface area (Å²) in [6, 6.07) is 22.5. The van der Waals surface area contributed by atoms with E-state index in [0.717, 1.165) is 5.56 Å². The number of carbonyl (C=O) groups excluding carboxylic acids is 2. The third-order valence-corrected chi connectivity index (χ3v) is 5.22. The number of ketones is 1. The molecule has 6 heteroatoms. The maximum atomic E-state index is 13.6. The summed E-state index contributed by atoms with van der Waals surface area (Å²) in [6.45, 7) is 0. The van der Waals surface area contributed by atoms with Gasteiger partial charge in [0.25, 0.3) is 0 Å². The molecule has 0 bridgehead atoms. The van der Waals surface area contributed by atoms with Crippen LogP contribution in [0.5, 0.6) is 5.75 Å². The summed E-state index contributed by atoms with van der Waals surface area (Å²) in [5.74, 6) is 0.336. The number of amides is 2. The zero-order valence-electron chi connectivity index (χ0n) is 16.2. The largest absolute Gasteiger partial charge is 0.495 e. The number of Topliss-reactive ketones (excluding diaryl/α,β-unsaturated/α-hetero) is 1. The van der Waals surface area contributed by atoms with Gasteiger partial charge in [-0.3, -0.25) is 4.79 Å². The van der Waals surface area contributed by atoms with Crippen LogP contribution in [-0.4, -0.2) is 18.9 Å². The van der Waals surface area contributed by atoms with E-state index in [0.29, 0.717) is 33.2 Å². The minimum atomic E-state index is -0.676. The molecule has 0 unspecified atom stereocenters. The van der Waals surface area contributed by atoms with E-state index in [9.17, 15) is 9.59 Å². The van der Waals surface area contributed by atoms with Gasteiger partial charge in [0, 0.05) is 5.56 Å². The van der Waals surface area contributed by atoms with Crippen molar-refractivity contribution in [2.75, 3.05) is 7.11 Å². The molecule has 0 saturated heterocycles. The molecule has 0 fully saturated rings. The monoisotopic (exact) mass is 418 g/mol. The van der Waals surface area contributed by atoms with Crippen LogP contribution in [0.1, 0.15) is 27.5 Å². The summed E-state index contributed by atoms with van der Waals surface area (Å²) in [4.78, 5) is 26.1. The van der Waals surface area contributed by atoms with E-state index in [1.807, 2.05) is 48.5 Å². The minimum Gasteiger partial charge on any atom is -0.495 e. The van der Waals surface area contributed by atoms with Crippen molar-refractivity contribution in [3.05, 3.63) is 106 Å². The van der Waals surface area contributed by atoms with Crippen molar-refractivity contribution < 1.29 is 14.3 Å². The molecule has 5 nitrogen and oxygen atoms in total. The first-order chi connectivity index (χ1) is 14.6. The number of halogens is 1. The summed E-state index contributed by atoms with van der Waals surface area (Å²) < 4.78 is 5.23. The van der Waals surface area contributed by atoms with Gasteiger partial charge in [-0.1, -0.05) is 78.3 Å². The standard InChI is InChI=1S/C24H19ClN2O3/c1-30-19-13-12-17(14-18(19)25)22-20(23(28)16-10-6-3-7-11-16)21(26-24(29)27-22)15-8-4-2-5-9-15/h2-14,22H,1H3,(H2,26,27,29)/t22-/m1/s1. The van der Waals surface area contributed by atoms with Crippen LogP contribution in [0.25, 0.3) is 5.70 Å². The number of rotatable bonds is 5. The Labute approximate surface area is 179 Å². The van der Waals surface area contributed by atoms with E-state index in [4.69, 9.17) is 16.3 Å². The molecule has 2 amide bonds. The van der Waals surface area contributed by atoms with E-state index in [1.165, 1.54) is 7.11 Å². The van der Waals surface area contributed by atoms with Crippen LogP contribution in [0, 0.1) is 0 Å². The molecule has 0 saturated carbocycles. The third kappa shape index (κ3) is 3.80. The Morgan fingerprint density at radius 2 is 1.63 bits per heavy atom. The van der Waals surface area contributed by atoms with Gasteiger partial charge < -0.3 is 15.4 Å². The molecule has 4 rings (SSSR count). The molecular weight excluding hydrogens is 400 g/mol. The fourth-order valence-corrected chi connectivity index (χ4v) is 3.77. The van der Waals surface area contributed by atoms with Gasteiger partial charge in [0.1, 0.15) is 5.75 Å². The lowest BCUT2D eigenvalue weighted by molar-refractivity contribution is 0.102. The van der Waals surface area contributed by atoms with Crippen LogP contribution >= 0.6 is 11.6 Å². The maximum absolute atomic E-state index is 13.6. The number of hydrogen-bond donors (Lipinski definition) is 2. The molecule has 0 aliphatic carbocycles. The topological polar surface area (TPSA) is 67.4 Å². The van der Waals surface area contributed by atoms with Crippen molar-refractivity contribution in [2.24, 2.45) is 0 Å². The zero-order valence-corrected chi connectivity index (χ0v) is 16.9. The van der Waals surface area contributed by atoms with Crippen LogP contribution in [-0.2, 0) is 0 Å². The smallest absolute Gasteiger partial charge is 0.320 e. The normalized spacial score (nSPS) is 15.9. The van der Waals surface area contributed by atoms with Gasteiger partial charge in [0.2, 0.25) is 0 Å². The molecule has 0 radical (unpaired) electrons. The van der Waals surface area contributed by atoms with Crippen molar-refractivity contribution in [3.63, 3.8) is 0 Å². The van der Waals surface area contributed by atoms with E-state index in [1.54, 1.807) is 30.3 Å². The number of ether oxygens (including phenoxy) is 1. The summed E-state index contributed by atoms with van der Waals surface area (Å²) >= 11 is 6.33. The lowest BCUT2D eigenvalue weighted by Crippen LogP contribution is -2.45. The summed E-state index contributed by atoms with van der Waals surface area (Å²) in [6.07, 6.45) is 0. The molecule has 30 heavy (non-hydrogen) atoms. The molecule has 3 aromatic carbocycles. The van der Waals surface area contributed by atoms with E-state index in [-0.39, 0.29) is 5.78 Å². The van der Waals surface area contributed by atoms with Crippen LogP contribution in [0.15, 0.2) is 84.4 Å². The second kappa shape index (κ2) is 8.43. The van der Waals surface area contributed by atoms with Gasteiger partial charge >= 0.3 is 6.03 Å². The maximum Gasteiger partial charge on any atom is 0.320 e. The predicted octanol–water partition coefficient (Wildman–Crippen LogP) is 5.00. The lowest BCUT2D eigenvalue weighted by Gasteiger charge is -2.30. The van der Waals surface area contributed by atoms with Crippen LogP contribution in [0.2, 0.25) is 5.02 Å². The molecule has 2 N–H and O–H groups in total. The zero-order chi connectivity index (χ0) is 21.1. The lowest BCUT2D eigenvalue weighted by atomic mass is 9.87. The van der Waals surface area contributed by atoms with Crippen molar-refractivity contribution >= 4 is 29.1 Å². The first kappa shape index (κ1) is 19.7. The molecule has 0 aromatic heterocycles. The van der Waals surface area contributed by atoms with Gasteiger partial charge in [-0.2, -0.15) is 0 Å². The highest BCUT2D eigenvalue weighted by atomic mass is 35.5. The summed E-state index contributed by atoms with van der Waals surface area (Å²) in [5, 5.41) is 6.09. The Morgan fingerprint density at radius 3 is 2.27 bits per heavy atom. The molecule has 0 spiro atoms. The summed E-state index contributed by atoms with van der Waals surface area (Å²) in [5.41, 5.74) is 2.88. The number of benzene rings is 3. The number of hydrogen-bond acceptors (Lipinski definition) is 3. The molecular formula is C24H19ClN2O3. The van der Waals surface area contributed by atoms with Crippen LogP contribution in [0.3, 0.4) is 0 Å². The summed E-state index contributed by atoms with van der Waals surface area (Å²) in [7, 11) is 1.53. The number of nitrogens with one attached hydrogen (secondary N) is 2.